The van der Waals surface area contributed by atoms with Crippen LogP contribution in [-0.2, 0) is 6.61 Å². The maximum absolute atomic E-state index is 6.33. The number of pyridine rings is 1. The van der Waals surface area contributed by atoms with E-state index in [1.807, 2.05) is 49.4 Å². The Morgan fingerprint density at radius 1 is 1.04 bits per heavy atom. The minimum absolute atomic E-state index is 0.138. The number of aromatic nitrogens is 2. The number of nitrogens with zero attached hydrogens (tertiary/aromatic N) is 2. The van der Waals surface area contributed by atoms with Crippen LogP contribution in [0.3, 0.4) is 0 Å². The standard InChI is InChI=1S/C20H14Cl2N2O2/c1-12-7-8-14-15(21)9-16(22)20(19(14)24-12)25-11-18-23-10-17(26-18)13-5-3-2-4-6-13/h2-10H,11H2,1H3. The molecule has 6 heteroatoms. The Kier molecular flexibility index (Phi) is 4.53. The number of oxazole rings is 1. The third-order valence-corrected chi connectivity index (χ3v) is 4.52. The molecule has 2 aromatic heterocycles. The Balaban J connectivity index is 1.63. The van der Waals surface area contributed by atoms with Crippen LogP contribution in [0, 0.1) is 6.92 Å². The summed E-state index contributed by atoms with van der Waals surface area (Å²) in [5.74, 6) is 1.61. The lowest BCUT2D eigenvalue weighted by atomic mass is 10.2. The summed E-state index contributed by atoms with van der Waals surface area (Å²) in [5.41, 5.74) is 2.43. The van der Waals surface area contributed by atoms with Gasteiger partial charge in [0.2, 0.25) is 5.89 Å². The Hall–Kier alpha value is -2.56. The summed E-state index contributed by atoms with van der Waals surface area (Å²) in [6.45, 7) is 2.04. The fourth-order valence-electron chi connectivity index (χ4n) is 2.67. The quantitative estimate of drug-likeness (QED) is 0.427. The number of halogens is 2. The molecule has 0 atom stereocenters. The van der Waals surface area contributed by atoms with E-state index < -0.39 is 0 Å². The summed E-state index contributed by atoms with van der Waals surface area (Å²) in [6.07, 6.45) is 1.68. The van der Waals surface area contributed by atoms with Gasteiger partial charge in [-0.2, -0.15) is 0 Å². The van der Waals surface area contributed by atoms with E-state index in [0.29, 0.717) is 33.0 Å². The fourth-order valence-corrected chi connectivity index (χ4v) is 3.24. The van der Waals surface area contributed by atoms with E-state index in [2.05, 4.69) is 9.97 Å². The molecule has 26 heavy (non-hydrogen) atoms. The van der Waals surface area contributed by atoms with Gasteiger partial charge in [-0.15, -0.1) is 0 Å². The average molecular weight is 385 g/mol. The first kappa shape index (κ1) is 16.9. The molecule has 4 rings (SSSR count). The van der Waals surface area contributed by atoms with E-state index in [4.69, 9.17) is 32.4 Å². The van der Waals surface area contributed by atoms with Crippen molar-refractivity contribution in [1.29, 1.82) is 0 Å². The van der Waals surface area contributed by atoms with Gasteiger partial charge in [0.25, 0.3) is 0 Å². The lowest BCUT2D eigenvalue weighted by molar-refractivity contribution is 0.267. The molecule has 0 aliphatic rings. The zero-order chi connectivity index (χ0) is 18.1. The Labute approximate surface area is 160 Å². The molecule has 130 valence electrons. The zero-order valence-corrected chi connectivity index (χ0v) is 15.4. The largest absolute Gasteiger partial charge is 0.480 e. The molecule has 0 radical (unpaired) electrons. The van der Waals surface area contributed by atoms with Crippen molar-refractivity contribution in [3.63, 3.8) is 0 Å². The van der Waals surface area contributed by atoms with Crippen LogP contribution in [0.25, 0.3) is 22.2 Å². The number of hydrogen-bond donors (Lipinski definition) is 0. The van der Waals surface area contributed by atoms with Crippen LogP contribution in [0.1, 0.15) is 11.6 Å². The number of aryl methyl sites for hydroxylation is 1. The molecule has 4 aromatic rings. The zero-order valence-electron chi connectivity index (χ0n) is 13.9. The highest BCUT2D eigenvalue weighted by molar-refractivity contribution is 6.39. The predicted molar refractivity (Wildman–Crippen MR) is 103 cm³/mol. The molecule has 4 nitrogen and oxygen atoms in total. The lowest BCUT2D eigenvalue weighted by Gasteiger charge is -2.11. The monoisotopic (exact) mass is 384 g/mol. The van der Waals surface area contributed by atoms with Crippen LogP contribution in [-0.4, -0.2) is 9.97 Å². The summed E-state index contributed by atoms with van der Waals surface area (Å²) in [7, 11) is 0. The smallest absolute Gasteiger partial charge is 0.232 e. The van der Waals surface area contributed by atoms with Crippen molar-refractivity contribution >= 4 is 34.1 Å². The van der Waals surface area contributed by atoms with Gasteiger partial charge in [-0.25, -0.2) is 9.97 Å². The van der Waals surface area contributed by atoms with Crippen molar-refractivity contribution in [1.82, 2.24) is 9.97 Å². The highest BCUT2D eigenvalue weighted by Crippen LogP contribution is 2.37. The van der Waals surface area contributed by atoms with E-state index >= 15 is 0 Å². The van der Waals surface area contributed by atoms with E-state index in [-0.39, 0.29) is 6.61 Å². The number of fused-ring (bicyclic) bond motifs is 1. The minimum atomic E-state index is 0.138. The molecule has 0 unspecified atom stereocenters. The first-order valence-corrected chi connectivity index (χ1v) is 8.75. The second-order valence-electron chi connectivity index (χ2n) is 5.79. The Bertz CT molecular complexity index is 1080. The third-order valence-electron chi connectivity index (χ3n) is 3.93. The number of rotatable bonds is 4. The summed E-state index contributed by atoms with van der Waals surface area (Å²) in [4.78, 5) is 8.79. The van der Waals surface area contributed by atoms with Crippen molar-refractivity contribution in [2.75, 3.05) is 0 Å². The molecule has 0 saturated heterocycles. The van der Waals surface area contributed by atoms with Crippen LogP contribution >= 0.6 is 23.2 Å². The third kappa shape index (κ3) is 3.26. The molecule has 0 N–H and O–H groups in total. The second kappa shape index (κ2) is 6.98. The summed E-state index contributed by atoms with van der Waals surface area (Å²) < 4.78 is 11.7. The molecule has 0 amide bonds. The number of benzene rings is 2. The topological polar surface area (TPSA) is 48.2 Å². The maximum Gasteiger partial charge on any atom is 0.232 e. The summed E-state index contributed by atoms with van der Waals surface area (Å²) in [5, 5.41) is 1.72. The van der Waals surface area contributed by atoms with Gasteiger partial charge >= 0.3 is 0 Å². The average Bonchev–Trinajstić information content (AvgIpc) is 3.11. The van der Waals surface area contributed by atoms with Crippen molar-refractivity contribution in [3.8, 4) is 17.1 Å². The summed E-state index contributed by atoms with van der Waals surface area (Å²) >= 11 is 12.6. The molecule has 2 aromatic carbocycles. The number of hydrogen-bond acceptors (Lipinski definition) is 4. The molecule has 0 spiro atoms. The fraction of sp³-hybridized carbons (Fsp3) is 0.100. The van der Waals surface area contributed by atoms with Crippen molar-refractivity contribution in [3.05, 3.63) is 76.4 Å². The van der Waals surface area contributed by atoms with Gasteiger partial charge in [-0.1, -0.05) is 53.5 Å². The van der Waals surface area contributed by atoms with Crippen LogP contribution in [0.2, 0.25) is 10.0 Å². The molecule has 0 saturated carbocycles. The summed E-state index contributed by atoms with van der Waals surface area (Å²) in [6, 6.07) is 15.2. The molecule has 0 aliphatic carbocycles. The van der Waals surface area contributed by atoms with Crippen molar-refractivity contribution in [2.45, 2.75) is 13.5 Å². The van der Waals surface area contributed by atoms with E-state index in [9.17, 15) is 0 Å². The van der Waals surface area contributed by atoms with Gasteiger partial charge < -0.3 is 9.15 Å². The van der Waals surface area contributed by atoms with E-state index in [1.54, 1.807) is 12.3 Å². The van der Waals surface area contributed by atoms with Gasteiger partial charge in [-0.3, -0.25) is 0 Å². The number of ether oxygens (including phenoxy) is 1. The van der Waals surface area contributed by atoms with Gasteiger partial charge in [0.05, 0.1) is 16.2 Å². The van der Waals surface area contributed by atoms with Crippen molar-refractivity contribution in [2.24, 2.45) is 0 Å². The predicted octanol–water partition coefficient (Wildman–Crippen LogP) is 6.08. The van der Waals surface area contributed by atoms with Crippen LogP contribution in [0.5, 0.6) is 5.75 Å². The Morgan fingerprint density at radius 2 is 1.85 bits per heavy atom. The molecular weight excluding hydrogens is 371 g/mol. The van der Waals surface area contributed by atoms with Crippen molar-refractivity contribution < 1.29 is 9.15 Å². The second-order valence-corrected chi connectivity index (χ2v) is 6.61. The normalized spacial score (nSPS) is 11.0. The van der Waals surface area contributed by atoms with Gasteiger partial charge in [0.15, 0.2) is 18.1 Å². The highest BCUT2D eigenvalue weighted by atomic mass is 35.5. The molecule has 0 bridgehead atoms. The minimum Gasteiger partial charge on any atom is -0.480 e. The van der Waals surface area contributed by atoms with E-state index in [0.717, 1.165) is 16.6 Å². The van der Waals surface area contributed by atoms with Gasteiger partial charge in [0, 0.05) is 16.6 Å². The van der Waals surface area contributed by atoms with Gasteiger partial charge in [0.1, 0.15) is 5.52 Å². The van der Waals surface area contributed by atoms with Crippen LogP contribution in [0.15, 0.2) is 59.1 Å². The first-order valence-electron chi connectivity index (χ1n) is 8.00. The van der Waals surface area contributed by atoms with E-state index in [1.165, 1.54) is 0 Å². The highest BCUT2D eigenvalue weighted by Gasteiger charge is 2.15. The lowest BCUT2D eigenvalue weighted by Crippen LogP contribution is -1.98. The molecule has 0 aliphatic heterocycles. The maximum atomic E-state index is 6.33. The molecule has 0 fully saturated rings. The molecular formula is C20H14Cl2N2O2. The molecule has 2 heterocycles. The van der Waals surface area contributed by atoms with Gasteiger partial charge in [-0.05, 0) is 25.1 Å². The first-order chi connectivity index (χ1) is 12.6. The van der Waals surface area contributed by atoms with Crippen LogP contribution in [0.4, 0.5) is 0 Å². The van der Waals surface area contributed by atoms with Crippen LogP contribution < -0.4 is 4.74 Å². The Morgan fingerprint density at radius 3 is 2.65 bits per heavy atom. The SMILES string of the molecule is Cc1ccc2c(Cl)cc(Cl)c(OCc3ncc(-c4ccccc4)o3)c2n1.